The number of halogens is 1. The molecule has 0 amide bonds. The van der Waals surface area contributed by atoms with Crippen molar-refractivity contribution >= 4 is 37.6 Å². The number of aliphatic hydroxyl groups is 1. The fourth-order valence-corrected chi connectivity index (χ4v) is 5.48. The van der Waals surface area contributed by atoms with Crippen LogP contribution in [-0.4, -0.2) is 42.7 Å². The minimum Gasteiger partial charge on any atom is -0.481 e. The number of aromatic nitrogens is 1. The number of benzene rings is 4. The maximum Gasteiger partial charge on any atom is 0.216 e. The van der Waals surface area contributed by atoms with E-state index in [0.29, 0.717) is 18.7 Å². The fourth-order valence-electron chi connectivity index (χ4n) is 5.10. The molecule has 0 aliphatic carbocycles. The van der Waals surface area contributed by atoms with E-state index in [9.17, 15) is 5.11 Å². The lowest BCUT2D eigenvalue weighted by molar-refractivity contribution is 0.0212. The fraction of sp³-hybridized carbons (Fsp3) is 0.219. The molecule has 5 heteroatoms. The Kier molecular flexibility index (Phi) is 7.29. The van der Waals surface area contributed by atoms with E-state index < -0.39 is 5.60 Å². The molecule has 188 valence electrons. The van der Waals surface area contributed by atoms with Crippen LogP contribution in [-0.2, 0) is 12.0 Å². The van der Waals surface area contributed by atoms with Crippen LogP contribution in [0.2, 0.25) is 0 Å². The van der Waals surface area contributed by atoms with Crippen LogP contribution in [0.25, 0.3) is 32.8 Å². The maximum absolute atomic E-state index is 12.5. The molecule has 0 aliphatic heterocycles. The van der Waals surface area contributed by atoms with Gasteiger partial charge in [-0.1, -0.05) is 82.7 Å². The highest BCUT2D eigenvalue weighted by molar-refractivity contribution is 9.10. The van der Waals surface area contributed by atoms with Gasteiger partial charge in [0.1, 0.15) is 0 Å². The van der Waals surface area contributed by atoms with E-state index in [1.807, 2.05) is 44.4 Å². The van der Waals surface area contributed by atoms with Crippen molar-refractivity contribution in [3.63, 3.8) is 0 Å². The van der Waals surface area contributed by atoms with Gasteiger partial charge in [0.25, 0.3) is 0 Å². The predicted molar refractivity (Wildman–Crippen MR) is 156 cm³/mol. The van der Waals surface area contributed by atoms with E-state index in [1.54, 1.807) is 7.11 Å². The highest BCUT2D eigenvalue weighted by Crippen LogP contribution is 2.40. The summed E-state index contributed by atoms with van der Waals surface area (Å²) in [5, 5.41) is 15.9. The van der Waals surface area contributed by atoms with E-state index >= 15 is 0 Å². The lowest BCUT2D eigenvalue weighted by Crippen LogP contribution is -2.33. The van der Waals surface area contributed by atoms with Gasteiger partial charge in [-0.3, -0.25) is 0 Å². The molecule has 1 atom stereocenters. The first-order valence-electron chi connectivity index (χ1n) is 12.5. The summed E-state index contributed by atoms with van der Waals surface area (Å²) in [5.41, 5.74) is 3.65. The van der Waals surface area contributed by atoms with E-state index in [0.717, 1.165) is 44.2 Å². The second-order valence-corrected chi connectivity index (χ2v) is 10.7. The number of fused-ring (bicyclic) bond motifs is 2. The maximum atomic E-state index is 12.5. The molecule has 5 rings (SSSR count). The zero-order valence-corrected chi connectivity index (χ0v) is 23.0. The van der Waals surface area contributed by atoms with Crippen molar-refractivity contribution in [1.82, 2.24) is 9.88 Å². The summed E-state index contributed by atoms with van der Waals surface area (Å²) in [4.78, 5) is 6.87. The molecule has 0 radical (unpaired) electrons. The molecule has 37 heavy (non-hydrogen) atoms. The van der Waals surface area contributed by atoms with Crippen molar-refractivity contribution in [1.29, 1.82) is 0 Å². The Morgan fingerprint density at radius 1 is 0.865 bits per heavy atom. The van der Waals surface area contributed by atoms with Crippen LogP contribution in [0, 0.1) is 0 Å². The second-order valence-electron chi connectivity index (χ2n) is 9.83. The van der Waals surface area contributed by atoms with Crippen LogP contribution in [0.1, 0.15) is 17.5 Å². The van der Waals surface area contributed by atoms with Crippen LogP contribution in [0.15, 0.2) is 95.5 Å². The van der Waals surface area contributed by atoms with Gasteiger partial charge >= 0.3 is 0 Å². The number of methoxy groups -OCH3 is 1. The SMILES string of the molecule is COc1nc2ccc(Br)cc2cc1CC(O)(CCN(C)C)c1ccccc1-c1cccc2ccccc12. The molecule has 1 heterocycles. The van der Waals surface area contributed by atoms with Crippen LogP contribution in [0.4, 0.5) is 0 Å². The van der Waals surface area contributed by atoms with Crippen molar-refractivity contribution < 1.29 is 9.84 Å². The zero-order valence-electron chi connectivity index (χ0n) is 21.4. The zero-order chi connectivity index (χ0) is 26.0. The first-order valence-corrected chi connectivity index (χ1v) is 13.3. The predicted octanol–water partition coefficient (Wildman–Crippen LogP) is 7.21. The van der Waals surface area contributed by atoms with Crippen molar-refractivity contribution in [2.75, 3.05) is 27.7 Å². The molecular weight excluding hydrogens is 524 g/mol. The van der Waals surface area contributed by atoms with Gasteiger partial charge in [0.15, 0.2) is 0 Å². The van der Waals surface area contributed by atoms with E-state index in [2.05, 4.69) is 81.5 Å². The van der Waals surface area contributed by atoms with Gasteiger partial charge in [0.2, 0.25) is 5.88 Å². The first-order chi connectivity index (χ1) is 17.9. The minimum absolute atomic E-state index is 0.376. The number of hydrogen-bond acceptors (Lipinski definition) is 4. The number of ether oxygens (including phenoxy) is 1. The quantitative estimate of drug-likeness (QED) is 0.220. The Bertz CT molecular complexity index is 1560. The average molecular weight is 556 g/mol. The molecule has 0 bridgehead atoms. The van der Waals surface area contributed by atoms with Crippen LogP contribution >= 0.6 is 15.9 Å². The molecule has 1 aromatic heterocycles. The van der Waals surface area contributed by atoms with E-state index in [-0.39, 0.29) is 0 Å². The third kappa shape index (κ3) is 5.26. The number of rotatable bonds is 8. The lowest BCUT2D eigenvalue weighted by atomic mass is 9.79. The Morgan fingerprint density at radius 2 is 1.59 bits per heavy atom. The number of hydrogen-bond donors (Lipinski definition) is 1. The highest BCUT2D eigenvalue weighted by Gasteiger charge is 2.34. The van der Waals surface area contributed by atoms with Crippen LogP contribution in [0.5, 0.6) is 5.88 Å². The minimum atomic E-state index is -1.15. The van der Waals surface area contributed by atoms with Crippen molar-refractivity contribution in [2.24, 2.45) is 0 Å². The summed E-state index contributed by atoms with van der Waals surface area (Å²) >= 11 is 3.57. The standard InChI is InChI=1S/C32H31BrN2O2/c1-35(2)18-17-32(36,21-24-19-23-20-25(33)15-16-30(23)34-31(24)37-3)29-14-7-6-12-28(29)27-13-8-10-22-9-4-5-11-26(22)27/h4-16,19-20,36H,17-18,21H2,1-3H3. The first kappa shape index (κ1) is 25.4. The van der Waals surface area contributed by atoms with Gasteiger partial charge in [0, 0.05) is 28.4 Å². The van der Waals surface area contributed by atoms with Crippen molar-refractivity contribution in [2.45, 2.75) is 18.4 Å². The summed E-state index contributed by atoms with van der Waals surface area (Å²) in [5.74, 6) is 0.542. The Hall–Kier alpha value is -3.25. The average Bonchev–Trinajstić information content (AvgIpc) is 2.91. The Balaban J connectivity index is 1.68. The molecule has 0 saturated heterocycles. The number of nitrogens with zero attached hydrogens (tertiary/aromatic N) is 2. The molecular formula is C32H31BrN2O2. The topological polar surface area (TPSA) is 45.6 Å². The van der Waals surface area contributed by atoms with Crippen LogP contribution < -0.4 is 4.74 Å². The van der Waals surface area contributed by atoms with Gasteiger partial charge < -0.3 is 14.7 Å². The molecule has 1 unspecified atom stereocenters. The van der Waals surface area contributed by atoms with Crippen LogP contribution in [0.3, 0.4) is 0 Å². The molecule has 1 N–H and O–H groups in total. The molecule has 0 aliphatic rings. The molecule has 0 fully saturated rings. The summed E-state index contributed by atoms with van der Waals surface area (Å²) in [7, 11) is 5.71. The third-order valence-electron chi connectivity index (χ3n) is 6.97. The molecule has 5 aromatic rings. The van der Waals surface area contributed by atoms with E-state index in [1.165, 1.54) is 10.8 Å². The molecule has 4 aromatic carbocycles. The summed E-state index contributed by atoms with van der Waals surface area (Å²) < 4.78 is 6.71. The van der Waals surface area contributed by atoms with E-state index in [4.69, 9.17) is 9.72 Å². The summed E-state index contributed by atoms with van der Waals surface area (Å²) in [6.07, 6.45) is 0.933. The van der Waals surface area contributed by atoms with Gasteiger partial charge in [-0.25, -0.2) is 4.98 Å². The van der Waals surface area contributed by atoms with Gasteiger partial charge in [-0.2, -0.15) is 0 Å². The second kappa shape index (κ2) is 10.6. The Morgan fingerprint density at radius 3 is 2.41 bits per heavy atom. The third-order valence-corrected chi connectivity index (χ3v) is 7.47. The molecule has 0 spiro atoms. The van der Waals surface area contributed by atoms with Crippen molar-refractivity contribution in [3.8, 4) is 17.0 Å². The van der Waals surface area contributed by atoms with Gasteiger partial charge in [-0.05, 0) is 72.2 Å². The smallest absolute Gasteiger partial charge is 0.216 e. The summed E-state index contributed by atoms with van der Waals surface area (Å²) in [6.45, 7) is 0.731. The van der Waals surface area contributed by atoms with Gasteiger partial charge in [0.05, 0.1) is 18.2 Å². The largest absolute Gasteiger partial charge is 0.481 e. The summed E-state index contributed by atoms with van der Waals surface area (Å²) in [6, 6.07) is 31.1. The normalized spacial score (nSPS) is 13.2. The number of pyridine rings is 1. The molecule has 4 nitrogen and oxygen atoms in total. The lowest BCUT2D eigenvalue weighted by Gasteiger charge is -2.33. The molecule has 0 saturated carbocycles. The Labute approximate surface area is 226 Å². The highest BCUT2D eigenvalue weighted by atomic mass is 79.9. The van der Waals surface area contributed by atoms with Gasteiger partial charge in [-0.15, -0.1) is 0 Å². The monoisotopic (exact) mass is 554 g/mol. The van der Waals surface area contributed by atoms with Crippen molar-refractivity contribution in [3.05, 3.63) is 107 Å².